The van der Waals surface area contributed by atoms with E-state index >= 15 is 0 Å². The van der Waals surface area contributed by atoms with Crippen molar-refractivity contribution < 1.29 is 23.9 Å². The Morgan fingerprint density at radius 2 is 1.95 bits per heavy atom. The van der Waals surface area contributed by atoms with Crippen LogP contribution in [0.3, 0.4) is 0 Å². The third-order valence-corrected chi connectivity index (χ3v) is 1.90. The molecule has 0 aliphatic heterocycles. The van der Waals surface area contributed by atoms with Crippen LogP contribution in [0.5, 0.6) is 11.5 Å². The van der Waals surface area contributed by atoms with Crippen molar-refractivity contribution in [3.8, 4) is 11.5 Å². The Balaban J connectivity index is 2.91. The summed E-state index contributed by atoms with van der Waals surface area (Å²) in [6.07, 6.45) is 1.36. The Labute approximate surface area is 110 Å². The van der Waals surface area contributed by atoms with Gasteiger partial charge in [-0.25, -0.2) is 4.79 Å². The summed E-state index contributed by atoms with van der Waals surface area (Å²) in [6.45, 7) is 4.81. The van der Waals surface area contributed by atoms with Crippen molar-refractivity contribution in [1.82, 2.24) is 0 Å². The van der Waals surface area contributed by atoms with E-state index in [1.165, 1.54) is 20.1 Å². The van der Waals surface area contributed by atoms with Crippen LogP contribution in [0.1, 0.15) is 26.3 Å². The summed E-state index contributed by atoms with van der Waals surface area (Å²) in [6, 6.07) is 4.88. The molecule has 6 heteroatoms. The zero-order valence-corrected chi connectivity index (χ0v) is 11.0. The lowest BCUT2D eigenvalue weighted by atomic mass is 10.2. The van der Waals surface area contributed by atoms with Crippen molar-refractivity contribution in [2.45, 2.75) is 20.8 Å². The van der Waals surface area contributed by atoms with Crippen LogP contribution in [0, 0.1) is 0 Å². The maximum atomic E-state index is 10.9. The van der Waals surface area contributed by atoms with Gasteiger partial charge < -0.3 is 14.3 Å². The summed E-state index contributed by atoms with van der Waals surface area (Å²) < 4.78 is 10.4. The van der Waals surface area contributed by atoms with E-state index < -0.39 is 11.9 Å². The van der Waals surface area contributed by atoms with Gasteiger partial charge in [-0.3, -0.25) is 4.79 Å². The molecular weight excluding hydrogens is 250 g/mol. The number of ether oxygens (including phenoxy) is 2. The third-order valence-electron chi connectivity index (χ3n) is 1.90. The molecule has 0 bridgehead atoms. The first-order valence-electron chi connectivity index (χ1n) is 5.69. The van der Waals surface area contributed by atoms with E-state index in [-0.39, 0.29) is 0 Å². The second-order valence-corrected chi connectivity index (χ2v) is 3.55. The lowest BCUT2D eigenvalue weighted by Crippen LogP contribution is -2.04. The van der Waals surface area contributed by atoms with Crippen LogP contribution < -0.4 is 9.47 Å². The van der Waals surface area contributed by atoms with Crippen molar-refractivity contribution in [2.24, 2.45) is 5.16 Å². The number of rotatable bonds is 5. The molecule has 0 aromatic heterocycles. The fraction of sp³-hybridized carbons (Fsp3) is 0.308. The standard InChI is InChI=1S/C13H15NO5/c1-4-17-13-7-11(8-14-19-10(3)16)5-6-12(13)18-9(2)15/h5-8H,4H2,1-3H3. The Bertz CT molecular complexity index is 496. The quantitative estimate of drug-likeness (QED) is 0.267. The zero-order chi connectivity index (χ0) is 14.3. The fourth-order valence-corrected chi connectivity index (χ4v) is 1.27. The van der Waals surface area contributed by atoms with Gasteiger partial charge in [-0.05, 0) is 25.1 Å². The van der Waals surface area contributed by atoms with Gasteiger partial charge in [0.2, 0.25) is 0 Å². The molecule has 0 fully saturated rings. The SMILES string of the molecule is CCOc1cc(C=NOC(C)=O)ccc1OC(C)=O. The Hall–Kier alpha value is -2.37. The molecule has 0 amide bonds. The molecule has 1 aromatic carbocycles. The first-order chi connectivity index (χ1) is 9.02. The van der Waals surface area contributed by atoms with Crippen molar-refractivity contribution >= 4 is 18.2 Å². The van der Waals surface area contributed by atoms with Gasteiger partial charge in [0, 0.05) is 19.4 Å². The molecule has 0 heterocycles. The normalized spacial score (nSPS) is 10.3. The van der Waals surface area contributed by atoms with Crippen LogP contribution in [0.25, 0.3) is 0 Å². The summed E-state index contributed by atoms with van der Waals surface area (Å²) in [5, 5.41) is 3.50. The monoisotopic (exact) mass is 265 g/mol. The molecule has 0 spiro atoms. The van der Waals surface area contributed by atoms with E-state index in [4.69, 9.17) is 9.47 Å². The molecule has 0 aliphatic carbocycles. The van der Waals surface area contributed by atoms with Crippen LogP contribution in [0.2, 0.25) is 0 Å². The summed E-state index contributed by atoms with van der Waals surface area (Å²) >= 11 is 0. The maximum Gasteiger partial charge on any atom is 0.331 e. The van der Waals surface area contributed by atoms with Crippen LogP contribution >= 0.6 is 0 Å². The largest absolute Gasteiger partial charge is 0.490 e. The molecule has 1 aromatic rings. The van der Waals surface area contributed by atoms with Gasteiger partial charge in [0.15, 0.2) is 11.5 Å². The van der Waals surface area contributed by atoms with Crippen LogP contribution in [-0.4, -0.2) is 24.8 Å². The highest BCUT2D eigenvalue weighted by Gasteiger charge is 2.08. The molecule has 0 N–H and O–H groups in total. The molecule has 19 heavy (non-hydrogen) atoms. The van der Waals surface area contributed by atoms with E-state index in [1.54, 1.807) is 18.2 Å². The molecule has 0 saturated carbocycles. The van der Waals surface area contributed by atoms with Gasteiger partial charge in [-0.15, -0.1) is 0 Å². The number of carbonyl (C=O) groups excluding carboxylic acids is 2. The number of hydrogen-bond donors (Lipinski definition) is 0. The maximum absolute atomic E-state index is 10.9. The van der Waals surface area contributed by atoms with Crippen molar-refractivity contribution in [3.05, 3.63) is 23.8 Å². The molecular formula is C13H15NO5. The number of carbonyl (C=O) groups is 2. The highest BCUT2D eigenvalue weighted by Crippen LogP contribution is 2.28. The predicted octanol–water partition coefficient (Wildman–Crippen LogP) is 1.91. The summed E-state index contributed by atoms with van der Waals surface area (Å²) in [5.74, 6) is -0.177. The lowest BCUT2D eigenvalue weighted by Gasteiger charge is -2.09. The molecule has 0 saturated heterocycles. The fourth-order valence-electron chi connectivity index (χ4n) is 1.27. The Morgan fingerprint density at radius 3 is 2.53 bits per heavy atom. The van der Waals surface area contributed by atoms with Gasteiger partial charge >= 0.3 is 11.9 Å². The van der Waals surface area contributed by atoms with E-state index in [1.807, 2.05) is 6.92 Å². The highest BCUT2D eigenvalue weighted by atomic mass is 16.7. The Kier molecular flexibility index (Phi) is 5.53. The molecule has 0 unspecified atom stereocenters. The highest BCUT2D eigenvalue weighted by molar-refractivity contribution is 5.81. The van der Waals surface area contributed by atoms with Gasteiger partial charge in [-0.1, -0.05) is 5.16 Å². The van der Waals surface area contributed by atoms with E-state index in [0.29, 0.717) is 23.7 Å². The number of benzene rings is 1. The molecule has 0 atom stereocenters. The number of esters is 1. The summed E-state index contributed by atoms with van der Waals surface area (Å²) in [5.41, 5.74) is 0.653. The predicted molar refractivity (Wildman–Crippen MR) is 68.3 cm³/mol. The molecule has 1 rings (SSSR count). The van der Waals surface area contributed by atoms with Crippen LogP contribution in [0.4, 0.5) is 0 Å². The zero-order valence-electron chi connectivity index (χ0n) is 11.0. The van der Waals surface area contributed by atoms with Gasteiger partial charge in [0.1, 0.15) is 0 Å². The van der Waals surface area contributed by atoms with E-state index in [9.17, 15) is 9.59 Å². The van der Waals surface area contributed by atoms with Crippen LogP contribution in [-0.2, 0) is 14.4 Å². The van der Waals surface area contributed by atoms with E-state index in [0.717, 1.165) is 0 Å². The third kappa shape index (κ3) is 5.20. The molecule has 0 aliphatic rings. The van der Waals surface area contributed by atoms with Crippen molar-refractivity contribution in [2.75, 3.05) is 6.61 Å². The number of oxime groups is 1. The van der Waals surface area contributed by atoms with Gasteiger partial charge in [-0.2, -0.15) is 0 Å². The molecule has 0 radical (unpaired) electrons. The Morgan fingerprint density at radius 1 is 1.21 bits per heavy atom. The number of hydrogen-bond acceptors (Lipinski definition) is 6. The lowest BCUT2D eigenvalue weighted by molar-refractivity contribution is -0.140. The minimum absolute atomic E-state index is 0.332. The average molecular weight is 265 g/mol. The minimum atomic E-state index is -0.502. The van der Waals surface area contributed by atoms with Crippen molar-refractivity contribution in [3.63, 3.8) is 0 Å². The average Bonchev–Trinajstić information content (AvgIpc) is 2.31. The summed E-state index contributed by atoms with van der Waals surface area (Å²) in [4.78, 5) is 25.9. The second-order valence-electron chi connectivity index (χ2n) is 3.55. The minimum Gasteiger partial charge on any atom is -0.490 e. The van der Waals surface area contributed by atoms with E-state index in [2.05, 4.69) is 9.99 Å². The number of nitrogens with zero attached hydrogens (tertiary/aromatic N) is 1. The second kappa shape index (κ2) is 7.15. The topological polar surface area (TPSA) is 74.2 Å². The van der Waals surface area contributed by atoms with Crippen LogP contribution in [0.15, 0.2) is 23.4 Å². The smallest absolute Gasteiger partial charge is 0.331 e. The first kappa shape index (κ1) is 14.7. The molecule has 102 valence electrons. The molecule has 6 nitrogen and oxygen atoms in total. The van der Waals surface area contributed by atoms with Gasteiger partial charge in [0.25, 0.3) is 0 Å². The van der Waals surface area contributed by atoms with Gasteiger partial charge in [0.05, 0.1) is 12.8 Å². The summed E-state index contributed by atoms with van der Waals surface area (Å²) in [7, 11) is 0. The van der Waals surface area contributed by atoms with Crippen molar-refractivity contribution in [1.29, 1.82) is 0 Å². The first-order valence-corrected chi connectivity index (χ1v) is 5.69.